The van der Waals surface area contributed by atoms with Crippen molar-refractivity contribution in [3.8, 4) is 5.75 Å². The van der Waals surface area contributed by atoms with Crippen molar-refractivity contribution in [2.24, 2.45) is 5.16 Å². The topological polar surface area (TPSA) is 47.9 Å². The molecule has 0 bridgehead atoms. The molecule has 0 spiro atoms. The van der Waals surface area contributed by atoms with Crippen molar-refractivity contribution in [2.75, 3.05) is 7.11 Å². The predicted molar refractivity (Wildman–Crippen MR) is 58.0 cm³/mol. The summed E-state index contributed by atoms with van der Waals surface area (Å²) in [4.78, 5) is 15.8. The average molecular weight is 248 g/mol. The summed E-state index contributed by atoms with van der Waals surface area (Å²) in [6.07, 6.45) is 0. The summed E-state index contributed by atoms with van der Waals surface area (Å²) >= 11 is 11.6. The quantitative estimate of drug-likeness (QED) is 0.469. The van der Waals surface area contributed by atoms with Crippen LogP contribution in [0.4, 0.5) is 0 Å². The largest absolute Gasteiger partial charge is 0.494 e. The molecule has 0 saturated heterocycles. The molecule has 1 rings (SSSR count). The molecule has 15 heavy (non-hydrogen) atoms. The molecule has 0 fully saturated rings. The third kappa shape index (κ3) is 2.40. The molecule has 0 heterocycles. The van der Waals surface area contributed by atoms with Crippen LogP contribution in [0.2, 0.25) is 10.0 Å². The Morgan fingerprint density at radius 1 is 1.40 bits per heavy atom. The van der Waals surface area contributed by atoms with E-state index in [1.807, 2.05) is 0 Å². The van der Waals surface area contributed by atoms with Crippen LogP contribution in [0.25, 0.3) is 0 Å². The van der Waals surface area contributed by atoms with Gasteiger partial charge in [-0.1, -0.05) is 28.4 Å². The van der Waals surface area contributed by atoms with Gasteiger partial charge >= 0.3 is 5.97 Å². The van der Waals surface area contributed by atoms with E-state index in [1.165, 1.54) is 19.2 Å². The van der Waals surface area contributed by atoms with Crippen molar-refractivity contribution in [2.45, 2.75) is 0 Å². The molecule has 1 aromatic carbocycles. The molecular weight excluding hydrogens is 241 g/mol. The highest BCUT2D eigenvalue weighted by Gasteiger charge is 2.20. The number of oxime groups is 1. The Labute approximate surface area is 96.4 Å². The lowest BCUT2D eigenvalue weighted by molar-refractivity contribution is 0.0517. The van der Waals surface area contributed by atoms with E-state index in [4.69, 9.17) is 27.9 Å². The Hall–Kier alpha value is -1.26. The van der Waals surface area contributed by atoms with Crippen LogP contribution in [0.5, 0.6) is 5.75 Å². The molecule has 0 aliphatic heterocycles. The van der Waals surface area contributed by atoms with Gasteiger partial charge in [0.25, 0.3) is 0 Å². The number of rotatable bonds is 3. The second kappa shape index (κ2) is 5.00. The minimum absolute atomic E-state index is 0.0269. The SMILES string of the molecule is C=NOC(=O)c1c(Cl)ccc(Cl)c1OC. The number of ether oxygens (including phenoxy) is 1. The highest BCUT2D eigenvalue weighted by molar-refractivity contribution is 6.37. The van der Waals surface area contributed by atoms with E-state index in [2.05, 4.69) is 16.7 Å². The summed E-state index contributed by atoms with van der Waals surface area (Å²) in [6, 6.07) is 2.98. The minimum atomic E-state index is -0.769. The molecule has 0 saturated carbocycles. The second-order valence-electron chi connectivity index (χ2n) is 2.45. The fourth-order valence-corrected chi connectivity index (χ4v) is 1.49. The van der Waals surface area contributed by atoms with Gasteiger partial charge in [-0.15, -0.1) is 0 Å². The van der Waals surface area contributed by atoms with Crippen LogP contribution in [-0.4, -0.2) is 19.8 Å². The number of halogens is 2. The van der Waals surface area contributed by atoms with Crippen LogP contribution in [0.1, 0.15) is 10.4 Å². The molecule has 0 N–H and O–H groups in total. The van der Waals surface area contributed by atoms with Crippen LogP contribution < -0.4 is 4.74 Å². The van der Waals surface area contributed by atoms with Crippen molar-refractivity contribution in [3.05, 3.63) is 27.7 Å². The highest BCUT2D eigenvalue weighted by Crippen LogP contribution is 2.34. The molecule has 0 aliphatic carbocycles. The van der Waals surface area contributed by atoms with Crippen LogP contribution in [0.3, 0.4) is 0 Å². The molecule has 1 aromatic rings. The van der Waals surface area contributed by atoms with E-state index in [-0.39, 0.29) is 21.4 Å². The minimum Gasteiger partial charge on any atom is -0.494 e. The van der Waals surface area contributed by atoms with Crippen molar-refractivity contribution in [1.82, 2.24) is 0 Å². The molecule has 0 unspecified atom stereocenters. The maximum absolute atomic E-state index is 11.4. The zero-order chi connectivity index (χ0) is 11.4. The Morgan fingerprint density at radius 2 is 2.00 bits per heavy atom. The first-order chi connectivity index (χ1) is 7.11. The van der Waals surface area contributed by atoms with Crippen LogP contribution >= 0.6 is 23.2 Å². The molecule has 4 nitrogen and oxygen atoms in total. The van der Waals surface area contributed by atoms with Gasteiger partial charge in [-0.3, -0.25) is 0 Å². The lowest BCUT2D eigenvalue weighted by Crippen LogP contribution is -2.04. The van der Waals surface area contributed by atoms with Gasteiger partial charge in [0, 0.05) is 6.72 Å². The van der Waals surface area contributed by atoms with Gasteiger partial charge in [-0.05, 0) is 12.1 Å². The maximum atomic E-state index is 11.4. The molecule has 80 valence electrons. The second-order valence-corrected chi connectivity index (χ2v) is 3.26. The Kier molecular flexibility index (Phi) is 3.94. The summed E-state index contributed by atoms with van der Waals surface area (Å²) in [5.74, 6) is -0.618. The number of methoxy groups -OCH3 is 1. The lowest BCUT2D eigenvalue weighted by atomic mass is 10.2. The summed E-state index contributed by atoms with van der Waals surface area (Å²) in [5, 5.41) is 3.43. The first kappa shape index (κ1) is 11.8. The third-order valence-corrected chi connectivity index (χ3v) is 2.23. The van der Waals surface area contributed by atoms with Crippen molar-refractivity contribution >= 4 is 35.9 Å². The predicted octanol–water partition coefficient (Wildman–Crippen LogP) is 2.77. The Bertz CT molecular complexity index is 407. The van der Waals surface area contributed by atoms with Gasteiger partial charge in [0.1, 0.15) is 5.56 Å². The third-order valence-electron chi connectivity index (χ3n) is 1.61. The summed E-state index contributed by atoms with van der Waals surface area (Å²) < 4.78 is 4.95. The summed E-state index contributed by atoms with van der Waals surface area (Å²) in [5.41, 5.74) is 0.0269. The van der Waals surface area contributed by atoms with Gasteiger partial charge in [0.2, 0.25) is 0 Å². The normalized spacial score (nSPS) is 9.53. The summed E-state index contributed by atoms with van der Waals surface area (Å²) in [7, 11) is 1.37. The fourth-order valence-electron chi connectivity index (χ4n) is 1.03. The van der Waals surface area contributed by atoms with Crippen LogP contribution in [-0.2, 0) is 4.84 Å². The number of benzene rings is 1. The maximum Gasteiger partial charge on any atom is 0.371 e. The van der Waals surface area contributed by atoms with E-state index in [0.29, 0.717) is 0 Å². The lowest BCUT2D eigenvalue weighted by Gasteiger charge is -2.09. The molecule has 0 atom stereocenters. The van der Waals surface area contributed by atoms with Crippen LogP contribution in [0.15, 0.2) is 17.3 Å². The van der Waals surface area contributed by atoms with E-state index in [1.54, 1.807) is 0 Å². The number of hydrogen-bond acceptors (Lipinski definition) is 4. The van der Waals surface area contributed by atoms with E-state index >= 15 is 0 Å². The van der Waals surface area contributed by atoms with Gasteiger partial charge in [0.05, 0.1) is 17.2 Å². The van der Waals surface area contributed by atoms with E-state index < -0.39 is 5.97 Å². The summed E-state index contributed by atoms with van der Waals surface area (Å²) in [6.45, 7) is 3.02. The zero-order valence-electron chi connectivity index (χ0n) is 7.79. The number of carbonyl (C=O) groups is 1. The standard InChI is InChI=1S/C9H7Cl2NO3/c1-12-15-9(13)7-5(10)3-4-6(11)8(7)14-2/h3-4H,1H2,2H3. The number of hydrogen-bond donors (Lipinski definition) is 0. The Morgan fingerprint density at radius 3 is 2.53 bits per heavy atom. The van der Waals surface area contributed by atoms with Crippen molar-refractivity contribution in [3.63, 3.8) is 0 Å². The van der Waals surface area contributed by atoms with Crippen molar-refractivity contribution in [1.29, 1.82) is 0 Å². The first-order valence-corrected chi connectivity index (χ1v) is 4.56. The van der Waals surface area contributed by atoms with Gasteiger partial charge in [-0.2, -0.15) is 0 Å². The highest BCUT2D eigenvalue weighted by atomic mass is 35.5. The number of nitrogens with zero attached hydrogens (tertiary/aromatic N) is 1. The monoisotopic (exact) mass is 247 g/mol. The molecule has 0 aliphatic rings. The van der Waals surface area contributed by atoms with Crippen molar-refractivity contribution < 1.29 is 14.4 Å². The molecule has 6 heteroatoms. The molecule has 0 aromatic heterocycles. The molecule has 0 amide bonds. The molecule has 0 radical (unpaired) electrons. The van der Waals surface area contributed by atoms with Gasteiger partial charge in [0.15, 0.2) is 5.75 Å². The van der Waals surface area contributed by atoms with Gasteiger partial charge < -0.3 is 9.57 Å². The first-order valence-electron chi connectivity index (χ1n) is 3.81. The Balaban J connectivity index is 3.30. The fraction of sp³-hybridized carbons (Fsp3) is 0.111. The van der Waals surface area contributed by atoms with Crippen LogP contribution in [0, 0.1) is 0 Å². The van der Waals surface area contributed by atoms with Gasteiger partial charge in [-0.25, -0.2) is 4.79 Å². The van der Waals surface area contributed by atoms with E-state index in [0.717, 1.165) is 0 Å². The molecular formula is C9H7Cl2NO3. The average Bonchev–Trinajstić information content (AvgIpc) is 2.21. The smallest absolute Gasteiger partial charge is 0.371 e. The van der Waals surface area contributed by atoms with E-state index in [9.17, 15) is 4.79 Å². The number of carbonyl (C=O) groups excluding carboxylic acids is 1. The zero-order valence-corrected chi connectivity index (χ0v) is 9.30.